The quantitative estimate of drug-likeness (QED) is 0.684. The first-order valence-electron chi connectivity index (χ1n) is 8.36. The Morgan fingerprint density at radius 3 is 1.57 bits per heavy atom. The van der Waals surface area contributed by atoms with Crippen molar-refractivity contribution in [3.05, 3.63) is 59.7 Å². The van der Waals surface area contributed by atoms with Crippen molar-refractivity contribution in [1.29, 1.82) is 0 Å². The predicted molar refractivity (Wildman–Crippen MR) is 108 cm³/mol. The van der Waals surface area contributed by atoms with Gasteiger partial charge < -0.3 is 11.5 Å². The van der Waals surface area contributed by atoms with Gasteiger partial charge in [0.2, 0.25) is 0 Å². The van der Waals surface area contributed by atoms with Crippen LogP contribution in [0.15, 0.2) is 48.5 Å². The fraction of sp³-hybridized carbons (Fsp3) is 0.368. The monoisotopic (exact) mass is 346 g/mol. The van der Waals surface area contributed by atoms with E-state index in [1.165, 1.54) is 41.0 Å². The molecule has 4 heteroatoms. The summed E-state index contributed by atoms with van der Waals surface area (Å²) < 4.78 is 0. The number of nitrogens with two attached hydrogens (primary N) is 2. The fourth-order valence-electron chi connectivity index (χ4n) is 2.47. The molecular weight excluding hydrogens is 318 g/mol. The van der Waals surface area contributed by atoms with Crippen molar-refractivity contribution < 1.29 is 0 Å². The summed E-state index contributed by atoms with van der Waals surface area (Å²) in [6.07, 6.45) is 3.89. The van der Waals surface area contributed by atoms with Gasteiger partial charge in [0.05, 0.1) is 0 Å². The summed E-state index contributed by atoms with van der Waals surface area (Å²) in [7, 11) is 1.75. The van der Waals surface area contributed by atoms with Crippen LogP contribution in [-0.4, -0.2) is 5.40 Å². The largest absolute Gasteiger partial charge is 0.326 e. The van der Waals surface area contributed by atoms with Crippen molar-refractivity contribution in [2.75, 3.05) is 0 Å². The van der Waals surface area contributed by atoms with Gasteiger partial charge in [-0.1, -0.05) is 85.5 Å². The molecule has 0 bridgehead atoms. The van der Waals surface area contributed by atoms with Crippen LogP contribution in [0.1, 0.15) is 37.3 Å². The van der Waals surface area contributed by atoms with Crippen LogP contribution in [0.25, 0.3) is 0 Å². The Labute approximate surface area is 144 Å². The Balaban J connectivity index is 2.02. The molecule has 0 amide bonds. The maximum absolute atomic E-state index is 5.69. The zero-order chi connectivity index (χ0) is 16.5. The first kappa shape index (κ1) is 18.6. The molecule has 2 rings (SSSR count). The van der Waals surface area contributed by atoms with Gasteiger partial charge in [-0.15, -0.1) is 0 Å². The molecule has 0 saturated heterocycles. The number of benzene rings is 2. The average Bonchev–Trinajstić information content (AvgIpc) is 2.61. The molecule has 2 nitrogen and oxygen atoms in total. The SMILES string of the molecule is CCCCC(Pc1ccc(CN)cc1)Pc1ccc(CN)cc1. The molecule has 0 aliphatic carbocycles. The second kappa shape index (κ2) is 10.2. The summed E-state index contributed by atoms with van der Waals surface area (Å²) in [5.74, 6) is 0. The van der Waals surface area contributed by atoms with E-state index in [0.29, 0.717) is 13.1 Å². The van der Waals surface area contributed by atoms with Gasteiger partial charge in [0.25, 0.3) is 0 Å². The van der Waals surface area contributed by atoms with Crippen LogP contribution in [0.4, 0.5) is 0 Å². The number of rotatable bonds is 9. The number of unbranched alkanes of at least 4 members (excludes halogenated alkanes) is 1. The van der Waals surface area contributed by atoms with Crippen LogP contribution >= 0.6 is 17.2 Å². The Morgan fingerprint density at radius 1 is 0.783 bits per heavy atom. The van der Waals surface area contributed by atoms with E-state index in [1.54, 1.807) is 0 Å². The van der Waals surface area contributed by atoms with E-state index >= 15 is 0 Å². The highest BCUT2D eigenvalue weighted by Crippen LogP contribution is 2.37. The highest BCUT2D eigenvalue weighted by atomic mass is 31.1. The van der Waals surface area contributed by atoms with Gasteiger partial charge in [0.1, 0.15) is 0 Å². The lowest BCUT2D eigenvalue weighted by atomic mass is 10.2. The summed E-state index contributed by atoms with van der Waals surface area (Å²) in [6.45, 7) is 3.52. The summed E-state index contributed by atoms with van der Waals surface area (Å²) in [6, 6.07) is 17.7. The van der Waals surface area contributed by atoms with Gasteiger partial charge in [-0.05, 0) is 28.2 Å². The van der Waals surface area contributed by atoms with Crippen LogP contribution in [0.5, 0.6) is 0 Å². The van der Waals surface area contributed by atoms with E-state index in [0.717, 1.165) is 22.6 Å². The van der Waals surface area contributed by atoms with Crippen molar-refractivity contribution in [2.45, 2.75) is 44.7 Å². The maximum atomic E-state index is 5.69. The van der Waals surface area contributed by atoms with Crippen LogP contribution in [0, 0.1) is 0 Å². The minimum absolute atomic E-state index is 0.623. The summed E-state index contributed by atoms with van der Waals surface area (Å²) >= 11 is 0. The van der Waals surface area contributed by atoms with Gasteiger partial charge in [-0.3, -0.25) is 0 Å². The van der Waals surface area contributed by atoms with Crippen LogP contribution in [0.2, 0.25) is 0 Å². The van der Waals surface area contributed by atoms with E-state index in [-0.39, 0.29) is 0 Å². The third-order valence-electron chi connectivity index (χ3n) is 3.91. The molecular formula is C19H28N2P2. The van der Waals surface area contributed by atoms with Gasteiger partial charge in [-0.2, -0.15) is 0 Å². The zero-order valence-electron chi connectivity index (χ0n) is 13.9. The Bertz CT molecular complexity index is 517. The van der Waals surface area contributed by atoms with E-state index < -0.39 is 0 Å². The minimum atomic E-state index is 0.623. The molecule has 0 aliphatic heterocycles. The normalized spacial score (nSPS) is 13.3. The molecule has 2 atom stereocenters. The summed E-state index contributed by atoms with van der Waals surface area (Å²) in [4.78, 5) is 0. The predicted octanol–water partition coefficient (Wildman–Crippen LogP) is 3.43. The number of hydrogen-bond acceptors (Lipinski definition) is 2. The van der Waals surface area contributed by atoms with Crippen molar-refractivity contribution >= 4 is 27.8 Å². The topological polar surface area (TPSA) is 52.0 Å². The lowest BCUT2D eigenvalue weighted by molar-refractivity contribution is 0.761. The van der Waals surface area contributed by atoms with Crippen molar-refractivity contribution in [2.24, 2.45) is 11.5 Å². The lowest BCUT2D eigenvalue weighted by Gasteiger charge is -2.18. The molecule has 0 radical (unpaired) electrons. The van der Waals surface area contributed by atoms with Gasteiger partial charge in [0, 0.05) is 18.5 Å². The molecule has 124 valence electrons. The van der Waals surface area contributed by atoms with Crippen molar-refractivity contribution in [1.82, 2.24) is 0 Å². The number of hydrogen-bond donors (Lipinski definition) is 2. The molecule has 0 saturated carbocycles. The van der Waals surface area contributed by atoms with E-state index in [1.807, 2.05) is 0 Å². The summed E-state index contributed by atoms with van der Waals surface area (Å²) in [5.41, 5.74) is 13.8. The molecule has 2 aromatic carbocycles. The zero-order valence-corrected chi connectivity index (χ0v) is 15.9. The Kier molecular flexibility index (Phi) is 8.20. The van der Waals surface area contributed by atoms with E-state index in [9.17, 15) is 0 Å². The molecule has 0 aromatic heterocycles. The molecule has 0 aliphatic rings. The minimum Gasteiger partial charge on any atom is -0.326 e. The molecule has 2 unspecified atom stereocenters. The third-order valence-corrected chi connectivity index (χ3v) is 7.38. The molecule has 0 fully saturated rings. The molecule has 23 heavy (non-hydrogen) atoms. The molecule has 0 spiro atoms. The van der Waals surface area contributed by atoms with Gasteiger partial charge >= 0.3 is 0 Å². The average molecular weight is 346 g/mol. The molecule has 0 heterocycles. The van der Waals surface area contributed by atoms with Crippen LogP contribution < -0.4 is 22.1 Å². The second-order valence-electron chi connectivity index (χ2n) is 5.79. The second-order valence-corrected chi connectivity index (χ2v) is 9.49. The molecule has 4 N–H and O–H groups in total. The standard InChI is InChI=1S/C19H28N2P2/c1-2-3-4-19(22-17-9-5-15(13-20)6-10-17)23-18-11-7-16(14-21)8-12-18/h5-12,19,22-23H,2-4,13-14,20-21H2,1H3. The Morgan fingerprint density at radius 2 is 1.22 bits per heavy atom. The smallest absolute Gasteiger partial charge is 0.0178 e. The highest BCUT2D eigenvalue weighted by molar-refractivity contribution is 7.65. The molecule has 2 aromatic rings. The lowest BCUT2D eigenvalue weighted by Crippen LogP contribution is -2.08. The highest BCUT2D eigenvalue weighted by Gasteiger charge is 2.11. The fourth-order valence-corrected chi connectivity index (χ4v) is 5.97. The van der Waals surface area contributed by atoms with Crippen LogP contribution in [0.3, 0.4) is 0 Å². The van der Waals surface area contributed by atoms with Crippen molar-refractivity contribution in [3.63, 3.8) is 0 Å². The first-order valence-corrected chi connectivity index (χ1v) is 10.5. The van der Waals surface area contributed by atoms with E-state index in [4.69, 9.17) is 11.5 Å². The van der Waals surface area contributed by atoms with E-state index in [2.05, 4.69) is 55.5 Å². The third kappa shape index (κ3) is 6.32. The maximum Gasteiger partial charge on any atom is 0.0178 e. The first-order chi connectivity index (χ1) is 11.2. The van der Waals surface area contributed by atoms with Crippen LogP contribution in [-0.2, 0) is 13.1 Å². The van der Waals surface area contributed by atoms with Gasteiger partial charge in [0.15, 0.2) is 0 Å². The Hall–Kier alpha value is -0.780. The van der Waals surface area contributed by atoms with Gasteiger partial charge in [-0.25, -0.2) is 0 Å². The summed E-state index contributed by atoms with van der Waals surface area (Å²) in [5, 5.41) is 3.66. The van der Waals surface area contributed by atoms with Crippen molar-refractivity contribution in [3.8, 4) is 0 Å².